The van der Waals surface area contributed by atoms with Gasteiger partial charge in [-0.2, -0.15) is 0 Å². The smallest absolute Gasteiger partial charge is 0.196 e. The van der Waals surface area contributed by atoms with Crippen LogP contribution in [0.15, 0.2) is 42.7 Å². The van der Waals surface area contributed by atoms with Crippen LogP contribution in [0.2, 0.25) is 0 Å². The highest BCUT2D eigenvalue weighted by molar-refractivity contribution is 5.86. The average molecular weight is 228 g/mol. The molecule has 2 aliphatic rings. The van der Waals surface area contributed by atoms with E-state index in [9.17, 15) is 4.79 Å². The summed E-state index contributed by atoms with van der Waals surface area (Å²) in [6, 6.07) is 7.75. The molecular weight excluding hydrogens is 216 g/mol. The van der Waals surface area contributed by atoms with E-state index in [1.54, 1.807) is 12.3 Å². The van der Waals surface area contributed by atoms with Crippen molar-refractivity contribution in [2.45, 2.75) is 18.6 Å². The molecule has 3 rings (SSSR count). The quantitative estimate of drug-likeness (QED) is 0.740. The summed E-state index contributed by atoms with van der Waals surface area (Å²) in [6.07, 6.45) is 6.71. The Labute approximate surface area is 99.3 Å². The van der Waals surface area contributed by atoms with Crippen LogP contribution >= 0.6 is 0 Å². The number of para-hydroxylation sites is 1. The lowest BCUT2D eigenvalue weighted by molar-refractivity contribution is -0.131. The van der Waals surface area contributed by atoms with Gasteiger partial charge in [-0.15, -0.1) is 0 Å². The van der Waals surface area contributed by atoms with E-state index in [-0.39, 0.29) is 11.9 Å². The molecule has 0 aliphatic carbocycles. The Hall–Kier alpha value is -2.03. The maximum Gasteiger partial charge on any atom is 0.196 e. The van der Waals surface area contributed by atoms with Gasteiger partial charge >= 0.3 is 0 Å². The summed E-state index contributed by atoms with van der Waals surface area (Å²) >= 11 is 0. The molecule has 0 radical (unpaired) electrons. The molecule has 0 bridgehead atoms. The first kappa shape index (κ1) is 10.1. The second-order valence-corrected chi connectivity index (χ2v) is 4.08. The molecule has 0 saturated carbocycles. The maximum absolute atomic E-state index is 11.7. The second kappa shape index (κ2) is 4.09. The van der Waals surface area contributed by atoms with Crippen molar-refractivity contribution >= 4 is 11.9 Å². The summed E-state index contributed by atoms with van der Waals surface area (Å²) in [6.45, 7) is 0. The van der Waals surface area contributed by atoms with Gasteiger partial charge in [-0.1, -0.05) is 24.3 Å². The zero-order chi connectivity index (χ0) is 11.7. The molecule has 1 aromatic rings. The van der Waals surface area contributed by atoms with E-state index in [1.165, 1.54) is 0 Å². The molecule has 3 nitrogen and oxygen atoms in total. The Bertz CT molecular complexity index is 502. The molecule has 0 spiro atoms. The molecule has 86 valence electrons. The molecule has 2 atom stereocenters. The minimum atomic E-state index is -0.524. The van der Waals surface area contributed by atoms with Crippen molar-refractivity contribution < 1.29 is 14.3 Å². The molecule has 0 amide bonds. The van der Waals surface area contributed by atoms with Crippen LogP contribution in [-0.4, -0.2) is 18.0 Å². The number of carbonyl (C=O) groups excluding carboxylic acids is 1. The fourth-order valence-electron chi connectivity index (χ4n) is 2.03. The first-order valence-electron chi connectivity index (χ1n) is 5.62. The molecule has 17 heavy (non-hydrogen) atoms. The number of hydrogen-bond acceptors (Lipinski definition) is 3. The minimum absolute atomic E-state index is 0.0570. The van der Waals surface area contributed by atoms with Gasteiger partial charge in [0.2, 0.25) is 0 Å². The van der Waals surface area contributed by atoms with Crippen LogP contribution in [0.5, 0.6) is 5.75 Å². The van der Waals surface area contributed by atoms with Crippen molar-refractivity contribution in [2.24, 2.45) is 0 Å². The third-order valence-electron chi connectivity index (χ3n) is 2.90. The summed E-state index contributed by atoms with van der Waals surface area (Å²) in [5, 5.41) is 0. The van der Waals surface area contributed by atoms with E-state index in [0.717, 1.165) is 11.3 Å². The molecule has 2 heterocycles. The van der Waals surface area contributed by atoms with Gasteiger partial charge in [0, 0.05) is 12.0 Å². The van der Waals surface area contributed by atoms with Crippen LogP contribution in [0.1, 0.15) is 12.0 Å². The average Bonchev–Trinajstić information content (AvgIpc) is 2.39. The van der Waals surface area contributed by atoms with Crippen molar-refractivity contribution in [1.82, 2.24) is 0 Å². The lowest BCUT2D eigenvalue weighted by Crippen LogP contribution is -2.40. The molecule has 2 aliphatic heterocycles. The third kappa shape index (κ3) is 1.84. The number of fused-ring (bicyclic) bond motifs is 1. The number of ketones is 1. The van der Waals surface area contributed by atoms with Gasteiger partial charge in [0.05, 0.1) is 6.26 Å². The molecule has 2 unspecified atom stereocenters. The Kier molecular flexibility index (Phi) is 2.44. The third-order valence-corrected chi connectivity index (χ3v) is 2.90. The predicted molar refractivity (Wildman–Crippen MR) is 63.5 cm³/mol. The molecule has 1 aromatic carbocycles. The number of allylic oxidation sites excluding steroid dienone is 1. The first-order chi connectivity index (χ1) is 8.34. The van der Waals surface area contributed by atoms with E-state index >= 15 is 0 Å². The van der Waals surface area contributed by atoms with Crippen LogP contribution < -0.4 is 4.74 Å². The Morgan fingerprint density at radius 1 is 1.24 bits per heavy atom. The predicted octanol–water partition coefficient (Wildman–Crippen LogP) is 2.33. The number of hydrogen-bond donors (Lipinski definition) is 0. The van der Waals surface area contributed by atoms with Crippen molar-refractivity contribution in [3.05, 3.63) is 48.2 Å². The van der Waals surface area contributed by atoms with Gasteiger partial charge in [0.15, 0.2) is 18.0 Å². The number of benzene rings is 1. The number of rotatable bonds is 1. The van der Waals surface area contributed by atoms with Crippen LogP contribution in [0.4, 0.5) is 0 Å². The van der Waals surface area contributed by atoms with Crippen LogP contribution in [0.3, 0.4) is 0 Å². The van der Waals surface area contributed by atoms with Crippen LogP contribution in [0.25, 0.3) is 6.08 Å². The number of carbonyl (C=O) groups is 1. The highest BCUT2D eigenvalue weighted by Crippen LogP contribution is 2.28. The zero-order valence-electron chi connectivity index (χ0n) is 9.21. The lowest BCUT2D eigenvalue weighted by Gasteiger charge is -2.28. The van der Waals surface area contributed by atoms with Crippen molar-refractivity contribution in [1.29, 1.82) is 0 Å². The molecule has 0 fully saturated rings. The summed E-state index contributed by atoms with van der Waals surface area (Å²) < 4.78 is 11.1. The van der Waals surface area contributed by atoms with E-state index in [1.807, 2.05) is 36.4 Å². The molecule has 0 saturated heterocycles. The molecular formula is C14H12O3. The van der Waals surface area contributed by atoms with Gasteiger partial charge in [-0.3, -0.25) is 4.79 Å². The summed E-state index contributed by atoms with van der Waals surface area (Å²) in [5.41, 5.74) is 1.03. The fraction of sp³-hybridized carbons (Fsp3) is 0.214. The Morgan fingerprint density at radius 3 is 3.00 bits per heavy atom. The monoisotopic (exact) mass is 228 g/mol. The largest absolute Gasteiger partial charge is 0.486 e. The van der Waals surface area contributed by atoms with E-state index in [2.05, 4.69) is 0 Å². The normalized spacial score (nSPS) is 26.0. The van der Waals surface area contributed by atoms with E-state index < -0.39 is 6.10 Å². The lowest BCUT2D eigenvalue weighted by atomic mass is 10.0. The Morgan fingerprint density at radius 2 is 2.12 bits per heavy atom. The highest BCUT2D eigenvalue weighted by atomic mass is 16.5. The molecule has 0 aromatic heterocycles. The van der Waals surface area contributed by atoms with Crippen LogP contribution in [0, 0.1) is 0 Å². The zero-order valence-corrected chi connectivity index (χ0v) is 9.21. The standard InChI is InChI=1S/C14H12O3/c15-11-5-3-9-16-14(11)13-8-7-10-4-1-2-6-12(10)17-13/h1-4,6-9,13-14H,5H2. The first-order valence-corrected chi connectivity index (χ1v) is 5.62. The molecule has 3 heteroatoms. The van der Waals surface area contributed by atoms with E-state index in [0.29, 0.717) is 6.42 Å². The number of ether oxygens (including phenoxy) is 2. The topological polar surface area (TPSA) is 35.5 Å². The summed E-state index contributed by atoms with van der Waals surface area (Å²) in [5.74, 6) is 0.854. The Balaban J connectivity index is 1.85. The summed E-state index contributed by atoms with van der Waals surface area (Å²) in [7, 11) is 0. The van der Waals surface area contributed by atoms with Crippen molar-refractivity contribution in [3.8, 4) is 5.75 Å². The van der Waals surface area contributed by atoms with Gasteiger partial charge < -0.3 is 9.47 Å². The fourth-order valence-corrected chi connectivity index (χ4v) is 2.03. The summed E-state index contributed by atoms with van der Waals surface area (Å²) in [4.78, 5) is 11.7. The van der Waals surface area contributed by atoms with Gasteiger partial charge in [0.1, 0.15) is 5.75 Å². The van der Waals surface area contributed by atoms with E-state index in [4.69, 9.17) is 9.47 Å². The van der Waals surface area contributed by atoms with Crippen molar-refractivity contribution in [2.75, 3.05) is 0 Å². The molecule has 0 N–H and O–H groups in total. The van der Waals surface area contributed by atoms with Gasteiger partial charge in [-0.05, 0) is 18.2 Å². The number of Topliss-reactive ketones (excluding diaryl/α,β-unsaturated/α-hetero) is 1. The highest BCUT2D eigenvalue weighted by Gasteiger charge is 2.32. The van der Waals surface area contributed by atoms with Crippen molar-refractivity contribution in [3.63, 3.8) is 0 Å². The maximum atomic E-state index is 11.7. The van der Waals surface area contributed by atoms with Crippen LogP contribution in [-0.2, 0) is 9.53 Å². The van der Waals surface area contributed by atoms with Gasteiger partial charge in [0.25, 0.3) is 0 Å². The van der Waals surface area contributed by atoms with Gasteiger partial charge in [-0.25, -0.2) is 0 Å². The second-order valence-electron chi connectivity index (χ2n) is 4.08. The SMILES string of the molecule is O=C1CC=COC1C1C=Cc2ccccc2O1. The minimum Gasteiger partial charge on any atom is -0.486 e.